The summed E-state index contributed by atoms with van der Waals surface area (Å²) < 4.78 is 3.28. The molecule has 5 heteroatoms. The van der Waals surface area contributed by atoms with Crippen molar-refractivity contribution in [2.24, 2.45) is 7.05 Å². The molecule has 1 N–H and O–H groups in total. The molecule has 1 aliphatic carbocycles. The van der Waals surface area contributed by atoms with Crippen molar-refractivity contribution in [3.05, 3.63) is 15.9 Å². The highest BCUT2D eigenvalue weighted by atomic mass is 79.9. The van der Waals surface area contributed by atoms with Gasteiger partial charge in [-0.15, -0.1) is 0 Å². The Labute approximate surface area is 136 Å². The van der Waals surface area contributed by atoms with Crippen LogP contribution in [0.15, 0.2) is 4.47 Å². The van der Waals surface area contributed by atoms with Crippen molar-refractivity contribution in [3.8, 4) is 0 Å². The summed E-state index contributed by atoms with van der Waals surface area (Å²) in [4.78, 5) is 2.72. The third kappa shape index (κ3) is 2.80. The van der Waals surface area contributed by atoms with Gasteiger partial charge >= 0.3 is 0 Å². The maximum absolute atomic E-state index is 4.66. The number of piperazine rings is 1. The molecule has 2 fully saturated rings. The third-order valence-corrected chi connectivity index (χ3v) is 6.24. The fourth-order valence-corrected chi connectivity index (χ4v) is 4.74. The van der Waals surface area contributed by atoms with Crippen LogP contribution in [0.5, 0.6) is 0 Å². The summed E-state index contributed by atoms with van der Waals surface area (Å²) >= 11 is 3.78. The first-order valence-electron chi connectivity index (χ1n) is 8.24. The van der Waals surface area contributed by atoms with Gasteiger partial charge in [-0.05, 0) is 42.1 Å². The van der Waals surface area contributed by atoms with Gasteiger partial charge in [-0.2, -0.15) is 5.10 Å². The largest absolute Gasteiger partial charge is 0.311 e. The zero-order valence-corrected chi connectivity index (χ0v) is 15.0. The van der Waals surface area contributed by atoms with E-state index in [1.807, 2.05) is 0 Å². The van der Waals surface area contributed by atoms with Gasteiger partial charge in [0.1, 0.15) is 0 Å². The standard InChI is InChI=1S/C16H27BrN4/c1-4-13-15(17)14(20(3)19-13)10-21-9-12(2)18-11-16(21)7-5-6-8-16/h12,18H,4-11H2,1-3H3. The second kappa shape index (κ2) is 6.01. The van der Waals surface area contributed by atoms with Gasteiger partial charge in [0, 0.05) is 38.3 Å². The highest BCUT2D eigenvalue weighted by molar-refractivity contribution is 9.10. The molecule has 118 valence electrons. The van der Waals surface area contributed by atoms with Crippen molar-refractivity contribution >= 4 is 15.9 Å². The van der Waals surface area contributed by atoms with E-state index in [1.54, 1.807) is 0 Å². The Hall–Kier alpha value is -0.390. The summed E-state index contributed by atoms with van der Waals surface area (Å²) in [6.07, 6.45) is 6.40. The van der Waals surface area contributed by atoms with Crippen LogP contribution in [0, 0.1) is 0 Å². The van der Waals surface area contributed by atoms with Gasteiger partial charge in [0.2, 0.25) is 0 Å². The number of nitrogens with zero attached hydrogens (tertiary/aromatic N) is 3. The number of aromatic nitrogens is 2. The van der Waals surface area contributed by atoms with E-state index < -0.39 is 0 Å². The van der Waals surface area contributed by atoms with Gasteiger partial charge in [-0.3, -0.25) is 9.58 Å². The Balaban J connectivity index is 1.86. The monoisotopic (exact) mass is 354 g/mol. The first-order valence-corrected chi connectivity index (χ1v) is 9.04. The summed E-state index contributed by atoms with van der Waals surface area (Å²) in [6.45, 7) is 7.76. The molecule has 1 unspecified atom stereocenters. The number of halogens is 1. The molecule has 0 radical (unpaired) electrons. The molecule has 1 spiro atoms. The predicted molar refractivity (Wildman–Crippen MR) is 89.4 cm³/mol. The van der Waals surface area contributed by atoms with E-state index in [-0.39, 0.29) is 0 Å². The average molecular weight is 355 g/mol. The summed E-state index contributed by atoms with van der Waals surface area (Å²) in [5.41, 5.74) is 2.88. The molecule has 3 rings (SSSR count). The van der Waals surface area contributed by atoms with Crippen LogP contribution in [0.2, 0.25) is 0 Å². The summed E-state index contributed by atoms with van der Waals surface area (Å²) in [6, 6.07) is 0.578. The molecule has 1 atom stereocenters. The molecule has 0 amide bonds. The van der Waals surface area contributed by atoms with Crippen LogP contribution in [0.4, 0.5) is 0 Å². The Morgan fingerprint density at radius 2 is 2.10 bits per heavy atom. The third-order valence-electron chi connectivity index (χ3n) is 5.32. The highest BCUT2D eigenvalue weighted by Gasteiger charge is 2.43. The smallest absolute Gasteiger partial charge is 0.0767 e. The van der Waals surface area contributed by atoms with E-state index in [0.717, 1.165) is 26.1 Å². The Morgan fingerprint density at radius 1 is 1.38 bits per heavy atom. The fraction of sp³-hybridized carbons (Fsp3) is 0.812. The van der Waals surface area contributed by atoms with Gasteiger partial charge in [0.15, 0.2) is 0 Å². The van der Waals surface area contributed by atoms with E-state index in [4.69, 9.17) is 0 Å². The lowest BCUT2D eigenvalue weighted by atomic mass is 9.91. The average Bonchev–Trinajstić information content (AvgIpc) is 3.03. The Morgan fingerprint density at radius 3 is 2.71 bits per heavy atom. The molecule has 2 heterocycles. The Bertz CT molecular complexity index is 505. The van der Waals surface area contributed by atoms with Gasteiger partial charge in [0.05, 0.1) is 15.9 Å². The second-order valence-electron chi connectivity index (χ2n) is 6.78. The molecule has 1 aromatic heterocycles. The van der Waals surface area contributed by atoms with Crippen molar-refractivity contribution in [1.29, 1.82) is 0 Å². The maximum atomic E-state index is 4.66. The number of hydrogen-bond donors (Lipinski definition) is 1. The van der Waals surface area contributed by atoms with Crippen LogP contribution in [0.1, 0.15) is 50.9 Å². The Kier molecular flexibility index (Phi) is 4.44. The topological polar surface area (TPSA) is 33.1 Å². The zero-order valence-electron chi connectivity index (χ0n) is 13.5. The zero-order chi connectivity index (χ0) is 15.0. The lowest BCUT2D eigenvalue weighted by Crippen LogP contribution is -2.62. The van der Waals surface area contributed by atoms with Crippen molar-refractivity contribution in [2.75, 3.05) is 13.1 Å². The highest BCUT2D eigenvalue weighted by Crippen LogP contribution is 2.38. The van der Waals surface area contributed by atoms with Gasteiger partial charge in [-0.25, -0.2) is 0 Å². The van der Waals surface area contributed by atoms with Crippen molar-refractivity contribution < 1.29 is 0 Å². The van der Waals surface area contributed by atoms with Gasteiger partial charge in [0.25, 0.3) is 0 Å². The fourth-order valence-electron chi connectivity index (χ4n) is 4.00. The number of nitrogens with one attached hydrogen (secondary N) is 1. The minimum Gasteiger partial charge on any atom is -0.311 e. The van der Waals surface area contributed by atoms with E-state index in [9.17, 15) is 0 Å². The lowest BCUT2D eigenvalue weighted by molar-refractivity contribution is 0.0370. The number of rotatable bonds is 3. The number of hydrogen-bond acceptors (Lipinski definition) is 3. The normalized spacial score (nSPS) is 25.8. The summed E-state index contributed by atoms with van der Waals surface area (Å²) in [5.74, 6) is 0. The molecule has 0 bridgehead atoms. The minimum absolute atomic E-state index is 0.378. The molecule has 1 aromatic rings. The summed E-state index contributed by atoms with van der Waals surface area (Å²) in [5, 5.41) is 8.36. The van der Waals surface area contributed by atoms with Crippen LogP contribution < -0.4 is 5.32 Å². The van der Waals surface area contributed by atoms with Crippen LogP contribution in [-0.4, -0.2) is 39.4 Å². The van der Waals surface area contributed by atoms with Crippen LogP contribution in [-0.2, 0) is 20.0 Å². The van der Waals surface area contributed by atoms with Gasteiger partial charge < -0.3 is 5.32 Å². The first-order chi connectivity index (χ1) is 10.1. The maximum Gasteiger partial charge on any atom is 0.0767 e. The molecular formula is C16H27BrN4. The molecule has 0 aromatic carbocycles. The van der Waals surface area contributed by atoms with Crippen LogP contribution in [0.3, 0.4) is 0 Å². The molecule has 21 heavy (non-hydrogen) atoms. The first kappa shape index (κ1) is 15.5. The van der Waals surface area contributed by atoms with Crippen LogP contribution >= 0.6 is 15.9 Å². The van der Waals surface area contributed by atoms with E-state index in [2.05, 4.69) is 56.8 Å². The molecule has 2 aliphatic rings. The SMILES string of the molecule is CCc1nn(C)c(CN2CC(C)NCC23CCCC3)c1Br. The molecular weight excluding hydrogens is 328 g/mol. The van der Waals surface area contributed by atoms with E-state index >= 15 is 0 Å². The molecule has 1 aliphatic heterocycles. The lowest BCUT2D eigenvalue weighted by Gasteiger charge is -2.47. The quantitative estimate of drug-likeness (QED) is 0.905. The molecule has 1 saturated heterocycles. The number of aryl methyl sites for hydroxylation is 2. The van der Waals surface area contributed by atoms with Gasteiger partial charge in [-0.1, -0.05) is 19.8 Å². The summed E-state index contributed by atoms with van der Waals surface area (Å²) in [7, 11) is 2.08. The molecule has 1 saturated carbocycles. The molecule has 4 nitrogen and oxygen atoms in total. The van der Waals surface area contributed by atoms with Crippen molar-refractivity contribution in [1.82, 2.24) is 20.0 Å². The minimum atomic E-state index is 0.378. The van der Waals surface area contributed by atoms with Crippen LogP contribution in [0.25, 0.3) is 0 Å². The van der Waals surface area contributed by atoms with E-state index in [0.29, 0.717) is 11.6 Å². The predicted octanol–water partition coefficient (Wildman–Crippen LogP) is 2.85. The second-order valence-corrected chi connectivity index (χ2v) is 7.57. The van der Waals surface area contributed by atoms with Crippen molar-refractivity contribution in [3.63, 3.8) is 0 Å². The van der Waals surface area contributed by atoms with Crippen molar-refractivity contribution in [2.45, 2.75) is 64.1 Å². The van der Waals surface area contributed by atoms with E-state index in [1.165, 1.54) is 41.5 Å².